The fourth-order valence-corrected chi connectivity index (χ4v) is 6.93. The number of thiocarbonyl (C=S) groups is 1. The lowest BCUT2D eigenvalue weighted by Gasteiger charge is -2.29. The first-order valence-corrected chi connectivity index (χ1v) is 16.3. The molecule has 1 aromatic heterocycles. The van der Waals surface area contributed by atoms with Crippen LogP contribution in [0.2, 0.25) is 0 Å². The van der Waals surface area contributed by atoms with E-state index in [4.69, 9.17) is 12.2 Å². The molecule has 2 aliphatic heterocycles. The van der Waals surface area contributed by atoms with Gasteiger partial charge < -0.3 is 4.90 Å². The molecule has 8 heteroatoms. The number of hydrogen-bond acceptors (Lipinski definition) is 6. The molecule has 0 aromatic carbocycles. The van der Waals surface area contributed by atoms with Gasteiger partial charge in [0.2, 0.25) is 0 Å². The first kappa shape index (κ1) is 31.4. The third-order valence-electron chi connectivity index (χ3n) is 7.95. The standard InChI is InChI=1S/C31H46N4O2S2/c1-4-6-7-8-9-10-11-12-13-18-21-35-30(37)27(39-31(35)38)22-25-24(3)26(23-32)29(36)34(5-2)28(25)33-19-16-14-15-17-20-33/h22H,4-21H2,1-3H3/b27-22-. The molecule has 0 radical (unpaired) electrons. The fraction of sp³-hybridized carbons (Fsp3) is 0.677. The Hall–Kier alpha value is -2.11. The van der Waals surface area contributed by atoms with Gasteiger partial charge in [0, 0.05) is 31.7 Å². The largest absolute Gasteiger partial charge is 0.357 e. The van der Waals surface area contributed by atoms with Crippen LogP contribution in [0.4, 0.5) is 5.82 Å². The van der Waals surface area contributed by atoms with Crippen LogP contribution >= 0.6 is 24.0 Å². The van der Waals surface area contributed by atoms with E-state index in [0.29, 0.717) is 27.9 Å². The highest BCUT2D eigenvalue weighted by Gasteiger charge is 2.33. The molecule has 0 atom stereocenters. The van der Waals surface area contributed by atoms with Gasteiger partial charge in [-0.2, -0.15) is 5.26 Å². The van der Waals surface area contributed by atoms with E-state index < -0.39 is 0 Å². The third kappa shape index (κ3) is 8.20. The van der Waals surface area contributed by atoms with Crippen molar-refractivity contribution in [2.45, 2.75) is 117 Å². The normalized spacial score (nSPS) is 17.2. The number of hydrogen-bond donors (Lipinski definition) is 0. The van der Waals surface area contributed by atoms with Gasteiger partial charge in [0.1, 0.15) is 21.8 Å². The number of nitrogens with zero attached hydrogens (tertiary/aromatic N) is 4. The highest BCUT2D eigenvalue weighted by Crippen LogP contribution is 2.36. The maximum atomic E-state index is 13.4. The molecule has 2 saturated heterocycles. The zero-order valence-corrected chi connectivity index (χ0v) is 25.9. The van der Waals surface area contributed by atoms with Crippen molar-refractivity contribution in [3.8, 4) is 6.07 Å². The summed E-state index contributed by atoms with van der Waals surface area (Å²) in [5, 5.41) is 9.81. The second kappa shape index (κ2) is 16.2. The summed E-state index contributed by atoms with van der Waals surface area (Å²) < 4.78 is 2.31. The maximum absolute atomic E-state index is 13.4. The van der Waals surface area contributed by atoms with Crippen LogP contribution < -0.4 is 10.5 Å². The Morgan fingerprint density at radius 1 is 0.923 bits per heavy atom. The summed E-state index contributed by atoms with van der Waals surface area (Å²) in [6.07, 6.45) is 18.9. The molecule has 0 aliphatic carbocycles. The first-order valence-electron chi connectivity index (χ1n) is 15.1. The highest BCUT2D eigenvalue weighted by atomic mass is 32.2. The highest BCUT2D eigenvalue weighted by molar-refractivity contribution is 8.26. The number of pyridine rings is 1. The van der Waals surface area contributed by atoms with E-state index in [0.717, 1.165) is 50.2 Å². The van der Waals surface area contributed by atoms with Crippen molar-refractivity contribution < 1.29 is 4.79 Å². The second-order valence-corrected chi connectivity index (χ2v) is 12.5. The van der Waals surface area contributed by atoms with Gasteiger partial charge >= 0.3 is 0 Å². The van der Waals surface area contributed by atoms with Gasteiger partial charge in [-0.3, -0.25) is 19.1 Å². The summed E-state index contributed by atoms with van der Waals surface area (Å²) >= 11 is 6.95. The van der Waals surface area contributed by atoms with Crippen molar-refractivity contribution >= 4 is 46.1 Å². The molecule has 0 unspecified atom stereocenters. The molecule has 39 heavy (non-hydrogen) atoms. The topological polar surface area (TPSA) is 69.3 Å². The lowest BCUT2D eigenvalue weighted by molar-refractivity contribution is -0.122. The van der Waals surface area contributed by atoms with E-state index in [1.165, 1.54) is 76.0 Å². The minimum absolute atomic E-state index is 0.0603. The summed E-state index contributed by atoms with van der Waals surface area (Å²) in [4.78, 5) is 31.3. The number of carbonyl (C=O) groups excluding carboxylic acids is 1. The van der Waals surface area contributed by atoms with Crippen molar-refractivity contribution in [1.29, 1.82) is 5.26 Å². The predicted molar refractivity (Wildman–Crippen MR) is 168 cm³/mol. The average Bonchev–Trinajstić information content (AvgIpc) is 3.09. The Balaban J connectivity index is 1.74. The Morgan fingerprint density at radius 3 is 2.08 bits per heavy atom. The Kier molecular flexibility index (Phi) is 13.1. The van der Waals surface area contributed by atoms with Gasteiger partial charge in [0.25, 0.3) is 11.5 Å². The molecule has 6 nitrogen and oxygen atoms in total. The van der Waals surface area contributed by atoms with Crippen molar-refractivity contribution in [3.63, 3.8) is 0 Å². The second-order valence-electron chi connectivity index (χ2n) is 10.8. The molecule has 3 rings (SSSR count). The van der Waals surface area contributed by atoms with Crippen LogP contribution in [-0.2, 0) is 11.3 Å². The average molecular weight is 571 g/mol. The monoisotopic (exact) mass is 570 g/mol. The molecule has 0 spiro atoms. The Morgan fingerprint density at radius 2 is 1.51 bits per heavy atom. The van der Waals surface area contributed by atoms with Gasteiger partial charge in [-0.25, -0.2) is 0 Å². The van der Waals surface area contributed by atoms with Crippen molar-refractivity contribution in [3.05, 3.63) is 31.9 Å². The number of amides is 1. The molecule has 3 heterocycles. The van der Waals surface area contributed by atoms with Crippen molar-refractivity contribution in [1.82, 2.24) is 9.47 Å². The number of thioether (sulfide) groups is 1. The van der Waals surface area contributed by atoms with Crippen molar-refractivity contribution in [2.24, 2.45) is 0 Å². The number of carbonyl (C=O) groups is 1. The zero-order chi connectivity index (χ0) is 28.2. The van der Waals surface area contributed by atoms with E-state index in [-0.39, 0.29) is 17.0 Å². The van der Waals surface area contributed by atoms with Crippen molar-refractivity contribution in [2.75, 3.05) is 24.5 Å². The van der Waals surface area contributed by atoms with Crippen LogP contribution in [0.15, 0.2) is 9.70 Å². The number of aromatic nitrogens is 1. The first-order chi connectivity index (χ1) is 18.9. The molecule has 0 bridgehead atoms. The molecule has 1 amide bonds. The zero-order valence-electron chi connectivity index (χ0n) is 24.2. The lowest BCUT2D eigenvalue weighted by atomic mass is 10.0. The van der Waals surface area contributed by atoms with Gasteiger partial charge in [0.05, 0.1) is 4.91 Å². The van der Waals surface area contributed by atoms with Crippen LogP contribution in [0.5, 0.6) is 0 Å². The van der Waals surface area contributed by atoms with E-state index in [1.807, 2.05) is 19.9 Å². The molecule has 2 aliphatic rings. The predicted octanol–water partition coefficient (Wildman–Crippen LogP) is 7.55. The molecule has 0 saturated carbocycles. The summed E-state index contributed by atoms with van der Waals surface area (Å²) in [6, 6.07) is 2.13. The van der Waals surface area contributed by atoms with Crippen LogP contribution in [-0.4, -0.2) is 39.3 Å². The summed E-state index contributed by atoms with van der Waals surface area (Å²) in [5.74, 6) is 0.774. The lowest BCUT2D eigenvalue weighted by Crippen LogP contribution is -2.35. The molecule has 1 aromatic rings. The minimum Gasteiger partial charge on any atom is -0.357 e. The summed E-state index contributed by atoms with van der Waals surface area (Å²) in [5.41, 5.74) is 1.35. The van der Waals surface area contributed by atoms with Crippen LogP contribution in [0.25, 0.3) is 6.08 Å². The Bertz CT molecular complexity index is 1130. The molecular weight excluding hydrogens is 525 g/mol. The quantitative estimate of drug-likeness (QED) is 0.131. The van der Waals surface area contributed by atoms with Gasteiger partial charge in [-0.15, -0.1) is 0 Å². The van der Waals surface area contributed by atoms with E-state index >= 15 is 0 Å². The molecule has 0 N–H and O–H groups in total. The SMILES string of the molecule is CCCCCCCCCCCCN1C(=O)/C(=C/c2c(C)c(C#N)c(=O)n(CC)c2N2CCCCCC2)SC1=S. The molecule has 2 fully saturated rings. The number of unbranched alkanes of at least 4 members (excludes halogenated alkanes) is 9. The van der Waals surface area contributed by atoms with E-state index in [9.17, 15) is 14.9 Å². The van der Waals surface area contributed by atoms with E-state index in [1.54, 1.807) is 9.47 Å². The van der Waals surface area contributed by atoms with Gasteiger partial charge in [-0.05, 0) is 44.7 Å². The summed E-state index contributed by atoms with van der Waals surface area (Å²) in [6.45, 7) is 8.87. The smallest absolute Gasteiger partial charge is 0.270 e. The minimum atomic E-state index is -0.248. The summed E-state index contributed by atoms with van der Waals surface area (Å²) in [7, 11) is 0. The van der Waals surface area contributed by atoms with Gasteiger partial charge in [-0.1, -0.05) is 102 Å². The van der Waals surface area contributed by atoms with Crippen LogP contribution in [0.3, 0.4) is 0 Å². The van der Waals surface area contributed by atoms with Gasteiger partial charge in [0.15, 0.2) is 0 Å². The Labute approximate surface area is 244 Å². The van der Waals surface area contributed by atoms with E-state index in [2.05, 4.69) is 17.9 Å². The maximum Gasteiger partial charge on any atom is 0.270 e. The van der Waals surface area contributed by atoms with Crippen LogP contribution in [0.1, 0.15) is 120 Å². The number of anilines is 1. The van der Waals surface area contributed by atoms with Crippen LogP contribution in [0, 0.1) is 18.3 Å². The third-order valence-corrected chi connectivity index (χ3v) is 9.33. The number of rotatable bonds is 14. The number of nitriles is 1. The fourth-order valence-electron chi connectivity index (χ4n) is 5.64. The molecular formula is C31H46N4O2S2. The molecule has 214 valence electrons.